The molecule has 0 aliphatic carbocycles. The van der Waals surface area contributed by atoms with Crippen molar-refractivity contribution < 1.29 is 9.21 Å². The molecule has 0 N–H and O–H groups in total. The molecule has 1 amide bonds. The molecule has 1 aliphatic heterocycles. The van der Waals surface area contributed by atoms with Crippen LogP contribution in [0.3, 0.4) is 0 Å². The summed E-state index contributed by atoms with van der Waals surface area (Å²) in [6, 6.07) is 8.06. The molecule has 0 atom stereocenters. The number of nitriles is 1. The molecule has 1 aromatic heterocycles. The van der Waals surface area contributed by atoms with Gasteiger partial charge in [0.05, 0.1) is 6.07 Å². The molecule has 4 nitrogen and oxygen atoms in total. The highest BCUT2D eigenvalue weighted by atomic mass is 16.3. The molecular weight excluding hydrogens is 264 g/mol. The molecule has 0 saturated heterocycles. The van der Waals surface area contributed by atoms with E-state index in [1.807, 2.05) is 38.1 Å². The fraction of sp³-hybridized carbons (Fsp3) is 0.294. The van der Waals surface area contributed by atoms with Crippen molar-refractivity contribution in [2.75, 3.05) is 13.1 Å². The van der Waals surface area contributed by atoms with Crippen LogP contribution in [0.4, 0.5) is 0 Å². The van der Waals surface area contributed by atoms with Gasteiger partial charge in [0.25, 0.3) is 5.91 Å². The second-order valence-corrected chi connectivity index (χ2v) is 5.35. The Bertz CT molecular complexity index is 793. The fourth-order valence-corrected chi connectivity index (χ4v) is 2.69. The molecule has 2 heterocycles. The summed E-state index contributed by atoms with van der Waals surface area (Å²) in [7, 11) is 0. The third-order valence-electron chi connectivity index (χ3n) is 3.99. The van der Waals surface area contributed by atoms with Gasteiger partial charge in [0.2, 0.25) is 0 Å². The Hall–Kier alpha value is -2.54. The van der Waals surface area contributed by atoms with Crippen LogP contribution in [0.2, 0.25) is 0 Å². The minimum atomic E-state index is -0.101. The van der Waals surface area contributed by atoms with E-state index in [9.17, 15) is 4.79 Å². The van der Waals surface area contributed by atoms with Gasteiger partial charge in [0, 0.05) is 29.6 Å². The predicted molar refractivity (Wildman–Crippen MR) is 79.9 cm³/mol. The van der Waals surface area contributed by atoms with Crippen molar-refractivity contribution >= 4 is 16.9 Å². The average molecular weight is 280 g/mol. The minimum Gasteiger partial charge on any atom is -0.450 e. The van der Waals surface area contributed by atoms with Gasteiger partial charge in [-0.3, -0.25) is 4.79 Å². The largest absolute Gasteiger partial charge is 0.450 e. The number of benzene rings is 1. The zero-order chi connectivity index (χ0) is 15.0. The summed E-state index contributed by atoms with van der Waals surface area (Å²) < 4.78 is 5.82. The van der Waals surface area contributed by atoms with Gasteiger partial charge in [-0.05, 0) is 25.8 Å². The summed E-state index contributed by atoms with van der Waals surface area (Å²) in [5.41, 5.74) is 3.44. The zero-order valence-corrected chi connectivity index (χ0v) is 12.1. The number of rotatable bonds is 1. The highest BCUT2D eigenvalue weighted by molar-refractivity contribution is 5.99. The normalized spacial score (nSPS) is 14.9. The molecule has 4 heteroatoms. The standard InChI is InChI=1S/C17H16N2O2/c1-11-4-3-5-14-12(2)16(21-15(11)14)17(20)19-8-6-13(10-18)7-9-19/h3-6H,7-9H2,1-2H3. The van der Waals surface area contributed by atoms with Crippen molar-refractivity contribution in [2.24, 2.45) is 0 Å². The number of fused-ring (bicyclic) bond motifs is 1. The van der Waals surface area contributed by atoms with E-state index in [4.69, 9.17) is 9.68 Å². The van der Waals surface area contributed by atoms with Crippen molar-refractivity contribution in [3.05, 3.63) is 46.7 Å². The number of aryl methyl sites for hydroxylation is 2. The van der Waals surface area contributed by atoms with E-state index in [2.05, 4.69) is 6.07 Å². The second-order valence-electron chi connectivity index (χ2n) is 5.35. The highest BCUT2D eigenvalue weighted by Crippen LogP contribution is 2.29. The summed E-state index contributed by atoms with van der Waals surface area (Å²) in [4.78, 5) is 14.3. The zero-order valence-electron chi connectivity index (χ0n) is 12.1. The Morgan fingerprint density at radius 1 is 1.38 bits per heavy atom. The van der Waals surface area contributed by atoms with Crippen LogP contribution in [0.1, 0.15) is 28.1 Å². The van der Waals surface area contributed by atoms with Crippen LogP contribution in [-0.4, -0.2) is 23.9 Å². The van der Waals surface area contributed by atoms with Gasteiger partial charge < -0.3 is 9.32 Å². The van der Waals surface area contributed by atoms with Gasteiger partial charge in [-0.25, -0.2) is 0 Å². The maximum atomic E-state index is 12.6. The Morgan fingerprint density at radius 2 is 2.19 bits per heavy atom. The Kier molecular flexibility index (Phi) is 3.26. The topological polar surface area (TPSA) is 57.2 Å². The maximum Gasteiger partial charge on any atom is 0.290 e. The lowest BCUT2D eigenvalue weighted by Gasteiger charge is -2.23. The van der Waals surface area contributed by atoms with Crippen LogP contribution < -0.4 is 0 Å². The molecule has 106 valence electrons. The molecule has 1 aromatic carbocycles. The molecular formula is C17H16N2O2. The van der Waals surface area contributed by atoms with Crippen molar-refractivity contribution in [2.45, 2.75) is 20.3 Å². The van der Waals surface area contributed by atoms with E-state index < -0.39 is 0 Å². The molecule has 3 rings (SSSR count). The van der Waals surface area contributed by atoms with Crippen LogP contribution in [-0.2, 0) is 0 Å². The third kappa shape index (κ3) is 2.21. The summed E-state index contributed by atoms with van der Waals surface area (Å²) >= 11 is 0. The first-order chi connectivity index (χ1) is 10.1. The van der Waals surface area contributed by atoms with Crippen LogP contribution in [0, 0.1) is 25.2 Å². The Morgan fingerprint density at radius 3 is 2.81 bits per heavy atom. The van der Waals surface area contributed by atoms with Gasteiger partial charge in [0.1, 0.15) is 5.58 Å². The van der Waals surface area contributed by atoms with Crippen molar-refractivity contribution in [1.29, 1.82) is 5.26 Å². The number of hydrogen-bond donors (Lipinski definition) is 0. The highest BCUT2D eigenvalue weighted by Gasteiger charge is 2.24. The van der Waals surface area contributed by atoms with Gasteiger partial charge in [-0.1, -0.05) is 24.3 Å². The van der Waals surface area contributed by atoms with E-state index in [1.165, 1.54) is 0 Å². The fourth-order valence-electron chi connectivity index (χ4n) is 2.69. The van der Waals surface area contributed by atoms with E-state index in [-0.39, 0.29) is 5.91 Å². The molecule has 1 aliphatic rings. The molecule has 0 saturated carbocycles. The average Bonchev–Trinajstić information content (AvgIpc) is 2.85. The molecule has 0 bridgehead atoms. The lowest BCUT2D eigenvalue weighted by molar-refractivity contribution is 0.0739. The molecule has 0 fully saturated rings. The first-order valence-corrected chi connectivity index (χ1v) is 6.99. The van der Waals surface area contributed by atoms with Crippen molar-refractivity contribution in [1.82, 2.24) is 4.90 Å². The first-order valence-electron chi connectivity index (χ1n) is 6.99. The number of para-hydroxylation sites is 1. The Labute approximate surface area is 123 Å². The summed E-state index contributed by atoms with van der Waals surface area (Å²) in [6.45, 7) is 4.92. The number of nitrogens with zero attached hydrogens (tertiary/aromatic N) is 2. The quantitative estimate of drug-likeness (QED) is 0.805. The van der Waals surface area contributed by atoms with Crippen molar-refractivity contribution in [3.63, 3.8) is 0 Å². The number of carbonyl (C=O) groups excluding carboxylic acids is 1. The number of furan rings is 1. The van der Waals surface area contributed by atoms with E-state index >= 15 is 0 Å². The van der Waals surface area contributed by atoms with Gasteiger partial charge in [-0.2, -0.15) is 5.26 Å². The Balaban J connectivity index is 1.96. The van der Waals surface area contributed by atoms with Crippen LogP contribution >= 0.6 is 0 Å². The molecule has 0 radical (unpaired) electrons. The van der Waals surface area contributed by atoms with Crippen LogP contribution in [0.15, 0.2) is 34.3 Å². The van der Waals surface area contributed by atoms with E-state index in [0.717, 1.165) is 27.7 Å². The monoisotopic (exact) mass is 280 g/mol. The smallest absolute Gasteiger partial charge is 0.290 e. The van der Waals surface area contributed by atoms with Gasteiger partial charge in [-0.15, -0.1) is 0 Å². The second kappa shape index (κ2) is 5.10. The molecule has 2 aromatic rings. The minimum absolute atomic E-state index is 0.101. The van der Waals surface area contributed by atoms with Gasteiger partial charge in [0.15, 0.2) is 5.76 Å². The molecule has 0 spiro atoms. The molecule has 21 heavy (non-hydrogen) atoms. The summed E-state index contributed by atoms with van der Waals surface area (Å²) in [5, 5.41) is 9.85. The summed E-state index contributed by atoms with van der Waals surface area (Å²) in [5.74, 6) is 0.310. The number of amides is 1. The SMILES string of the molecule is Cc1c(C(=O)N2CC=C(C#N)CC2)oc2c(C)cccc12. The first kappa shape index (κ1) is 13.4. The van der Waals surface area contributed by atoms with E-state index in [0.29, 0.717) is 25.3 Å². The van der Waals surface area contributed by atoms with Crippen molar-refractivity contribution in [3.8, 4) is 6.07 Å². The van der Waals surface area contributed by atoms with E-state index in [1.54, 1.807) is 4.90 Å². The van der Waals surface area contributed by atoms with Gasteiger partial charge >= 0.3 is 0 Å². The summed E-state index contributed by atoms with van der Waals surface area (Å²) in [6.07, 6.45) is 2.42. The number of hydrogen-bond acceptors (Lipinski definition) is 3. The maximum absolute atomic E-state index is 12.6. The van der Waals surface area contributed by atoms with Crippen LogP contribution in [0.25, 0.3) is 11.0 Å². The molecule has 0 unspecified atom stereocenters. The lowest BCUT2D eigenvalue weighted by atomic mass is 10.1. The lowest BCUT2D eigenvalue weighted by Crippen LogP contribution is -2.34. The predicted octanol–water partition coefficient (Wildman–Crippen LogP) is 3.35. The number of carbonyl (C=O) groups is 1. The van der Waals surface area contributed by atoms with Crippen LogP contribution in [0.5, 0.6) is 0 Å². The third-order valence-corrected chi connectivity index (χ3v) is 3.99.